The molecule has 0 aliphatic heterocycles. The number of anilines is 1. The number of carbonyl (C=O) groups is 1. The van der Waals surface area contributed by atoms with E-state index < -0.39 is 0 Å². The average Bonchev–Trinajstić information content (AvgIpc) is 3.16. The number of rotatable bonds is 7. The number of hydrogen-bond donors (Lipinski definition) is 1. The van der Waals surface area contributed by atoms with Crippen molar-refractivity contribution in [2.24, 2.45) is 0 Å². The molecule has 0 aliphatic carbocycles. The van der Waals surface area contributed by atoms with E-state index in [1.807, 2.05) is 0 Å². The number of nitrogens with one attached hydrogen (secondary N) is 1. The Morgan fingerprint density at radius 2 is 1.93 bits per heavy atom. The molecule has 2 heterocycles. The third-order valence-electron chi connectivity index (χ3n) is 4.17. The summed E-state index contributed by atoms with van der Waals surface area (Å²) >= 11 is 15.0. The molecule has 0 unspecified atom stereocenters. The first-order valence-corrected chi connectivity index (χ1v) is 11.4. The third-order valence-corrected chi connectivity index (χ3v) is 6.59. The number of halogens is 2. The summed E-state index contributed by atoms with van der Waals surface area (Å²) in [7, 11) is 0. The van der Waals surface area contributed by atoms with Gasteiger partial charge in [0.15, 0.2) is 11.0 Å². The topological polar surface area (TPSA) is 59.8 Å². The number of thiophene rings is 1. The van der Waals surface area contributed by atoms with E-state index in [0.29, 0.717) is 15.7 Å². The van der Waals surface area contributed by atoms with Crippen molar-refractivity contribution in [3.63, 3.8) is 0 Å². The molecule has 0 bridgehead atoms. The number of carbonyl (C=O) groups excluding carboxylic acids is 1. The first-order chi connectivity index (χ1) is 13.4. The Morgan fingerprint density at radius 3 is 2.54 bits per heavy atom. The summed E-state index contributed by atoms with van der Waals surface area (Å²) in [5.74, 6) is 0.917. The molecule has 3 aromatic rings. The van der Waals surface area contributed by atoms with Gasteiger partial charge in [0.25, 0.3) is 0 Å². The Hall–Kier alpha value is -1.54. The van der Waals surface area contributed by atoms with Gasteiger partial charge in [0.2, 0.25) is 5.91 Å². The number of hydrogen-bond acceptors (Lipinski definition) is 5. The molecule has 9 heteroatoms. The van der Waals surface area contributed by atoms with Gasteiger partial charge in [-0.3, -0.25) is 4.79 Å². The minimum absolute atomic E-state index is 0.154. The van der Waals surface area contributed by atoms with Crippen molar-refractivity contribution in [3.8, 4) is 11.4 Å². The van der Waals surface area contributed by atoms with Crippen LogP contribution in [0.1, 0.15) is 23.8 Å². The molecule has 1 aromatic carbocycles. The van der Waals surface area contributed by atoms with Crippen molar-refractivity contribution >= 4 is 57.9 Å². The fraction of sp³-hybridized carbons (Fsp3) is 0.316. The largest absolute Gasteiger partial charge is 0.325 e. The Morgan fingerprint density at radius 1 is 1.21 bits per heavy atom. The van der Waals surface area contributed by atoms with Gasteiger partial charge in [-0.2, -0.15) is 0 Å². The lowest BCUT2D eigenvalue weighted by Crippen LogP contribution is -2.14. The standard InChI is InChI=1S/C19H20Cl2N4OS2/c1-4-5-25-18(16-9-27-12(3)11(16)2)23-24-19(25)28-10-17(26)22-15-7-13(20)6-14(21)8-15/h6-9H,4-5,10H2,1-3H3,(H,22,26). The van der Waals surface area contributed by atoms with E-state index in [9.17, 15) is 4.79 Å². The molecule has 3 rings (SSSR count). The second-order valence-corrected chi connectivity index (χ2v) is 9.18. The van der Waals surface area contributed by atoms with Gasteiger partial charge in [-0.05, 0) is 44.0 Å². The zero-order valence-corrected chi connectivity index (χ0v) is 18.9. The zero-order valence-electron chi connectivity index (χ0n) is 15.8. The van der Waals surface area contributed by atoms with Crippen molar-refractivity contribution in [1.82, 2.24) is 14.8 Å². The second-order valence-electron chi connectivity index (χ2n) is 6.28. The van der Waals surface area contributed by atoms with E-state index in [2.05, 4.69) is 46.2 Å². The molecule has 28 heavy (non-hydrogen) atoms. The van der Waals surface area contributed by atoms with Gasteiger partial charge in [0.05, 0.1) is 5.75 Å². The van der Waals surface area contributed by atoms with E-state index >= 15 is 0 Å². The van der Waals surface area contributed by atoms with Crippen molar-refractivity contribution in [1.29, 1.82) is 0 Å². The van der Waals surface area contributed by atoms with Crippen LogP contribution in [-0.4, -0.2) is 26.4 Å². The highest BCUT2D eigenvalue weighted by atomic mass is 35.5. The molecule has 0 fully saturated rings. The minimum atomic E-state index is -0.154. The van der Waals surface area contributed by atoms with Crippen LogP contribution >= 0.6 is 46.3 Å². The second kappa shape index (κ2) is 9.31. The molecule has 1 amide bonds. The molecule has 2 aromatic heterocycles. The number of thioether (sulfide) groups is 1. The number of benzene rings is 1. The SMILES string of the molecule is CCCn1c(SCC(=O)Nc2cc(Cl)cc(Cl)c2)nnc1-c1csc(C)c1C. The molecule has 0 saturated carbocycles. The quantitative estimate of drug-likeness (QED) is 0.439. The highest BCUT2D eigenvalue weighted by Gasteiger charge is 2.18. The van der Waals surface area contributed by atoms with E-state index in [1.165, 1.54) is 22.2 Å². The fourth-order valence-electron chi connectivity index (χ4n) is 2.71. The molecular weight excluding hydrogens is 435 g/mol. The molecular formula is C19H20Cl2N4OS2. The van der Waals surface area contributed by atoms with Crippen molar-refractivity contribution in [2.75, 3.05) is 11.1 Å². The lowest BCUT2D eigenvalue weighted by Gasteiger charge is -2.09. The number of nitrogens with zero attached hydrogens (tertiary/aromatic N) is 3. The molecule has 5 nitrogen and oxygen atoms in total. The van der Waals surface area contributed by atoms with Gasteiger partial charge in [-0.25, -0.2) is 0 Å². The van der Waals surface area contributed by atoms with Crippen LogP contribution < -0.4 is 5.32 Å². The van der Waals surface area contributed by atoms with Crippen molar-refractivity contribution in [2.45, 2.75) is 38.9 Å². The zero-order chi connectivity index (χ0) is 20.3. The van der Waals surface area contributed by atoms with E-state index in [4.69, 9.17) is 23.2 Å². The Kier molecular flexibility index (Phi) is 7.04. The predicted octanol–water partition coefficient (Wildman–Crippen LogP) is 6.07. The molecule has 0 radical (unpaired) electrons. The third kappa shape index (κ3) is 4.89. The summed E-state index contributed by atoms with van der Waals surface area (Å²) in [4.78, 5) is 13.6. The molecule has 0 atom stereocenters. The summed E-state index contributed by atoms with van der Waals surface area (Å²) in [5, 5.41) is 15.3. The Balaban J connectivity index is 1.73. The lowest BCUT2D eigenvalue weighted by molar-refractivity contribution is -0.113. The monoisotopic (exact) mass is 454 g/mol. The van der Waals surface area contributed by atoms with Gasteiger partial charge in [-0.15, -0.1) is 21.5 Å². The molecule has 0 aliphatic rings. The van der Waals surface area contributed by atoms with Crippen LogP contribution in [-0.2, 0) is 11.3 Å². The summed E-state index contributed by atoms with van der Waals surface area (Å²) in [6.07, 6.45) is 0.952. The van der Waals surface area contributed by atoms with Gasteiger partial charge in [-0.1, -0.05) is 41.9 Å². The summed E-state index contributed by atoms with van der Waals surface area (Å²) in [5.41, 5.74) is 2.90. The Bertz CT molecular complexity index is 980. The summed E-state index contributed by atoms with van der Waals surface area (Å²) in [6.45, 7) is 7.11. The van der Waals surface area contributed by atoms with Crippen molar-refractivity contribution < 1.29 is 4.79 Å². The van der Waals surface area contributed by atoms with Crippen LogP contribution in [0.25, 0.3) is 11.4 Å². The fourth-order valence-corrected chi connectivity index (χ4v) is 4.86. The summed E-state index contributed by atoms with van der Waals surface area (Å²) < 4.78 is 2.09. The first kappa shape index (κ1) is 21.2. The highest BCUT2D eigenvalue weighted by molar-refractivity contribution is 7.99. The van der Waals surface area contributed by atoms with Crippen LogP contribution in [0.15, 0.2) is 28.7 Å². The number of aryl methyl sites for hydroxylation is 1. The van der Waals surface area contributed by atoms with Crippen LogP contribution in [0.2, 0.25) is 10.0 Å². The maximum Gasteiger partial charge on any atom is 0.234 e. The van der Waals surface area contributed by atoms with Crippen molar-refractivity contribution in [3.05, 3.63) is 44.1 Å². The van der Waals surface area contributed by atoms with Crippen LogP contribution in [0.4, 0.5) is 5.69 Å². The van der Waals surface area contributed by atoms with Gasteiger partial charge in [0, 0.05) is 38.1 Å². The Labute approximate surface area is 182 Å². The molecule has 148 valence electrons. The normalized spacial score (nSPS) is 11.0. The van der Waals surface area contributed by atoms with E-state index in [-0.39, 0.29) is 11.7 Å². The lowest BCUT2D eigenvalue weighted by atomic mass is 10.1. The van der Waals surface area contributed by atoms with Gasteiger partial charge >= 0.3 is 0 Å². The van der Waals surface area contributed by atoms with E-state index in [1.54, 1.807) is 29.5 Å². The maximum atomic E-state index is 12.3. The maximum absolute atomic E-state index is 12.3. The van der Waals surface area contributed by atoms with Crippen LogP contribution in [0, 0.1) is 13.8 Å². The number of aromatic nitrogens is 3. The summed E-state index contributed by atoms with van der Waals surface area (Å²) in [6, 6.07) is 4.95. The highest BCUT2D eigenvalue weighted by Crippen LogP contribution is 2.32. The molecule has 0 saturated heterocycles. The first-order valence-electron chi connectivity index (χ1n) is 8.76. The molecule has 0 spiro atoms. The molecule has 1 N–H and O–H groups in total. The predicted molar refractivity (Wildman–Crippen MR) is 119 cm³/mol. The van der Waals surface area contributed by atoms with Crippen LogP contribution in [0.3, 0.4) is 0 Å². The van der Waals surface area contributed by atoms with E-state index in [0.717, 1.165) is 29.5 Å². The smallest absolute Gasteiger partial charge is 0.234 e. The van der Waals surface area contributed by atoms with Crippen LogP contribution in [0.5, 0.6) is 0 Å². The van der Waals surface area contributed by atoms with Gasteiger partial charge < -0.3 is 9.88 Å². The van der Waals surface area contributed by atoms with Gasteiger partial charge in [0.1, 0.15) is 0 Å². The number of amides is 1. The average molecular weight is 455 g/mol. The minimum Gasteiger partial charge on any atom is -0.325 e.